The van der Waals surface area contributed by atoms with Gasteiger partial charge in [-0.15, -0.1) is 0 Å². The summed E-state index contributed by atoms with van der Waals surface area (Å²) in [5.41, 5.74) is 1.16. The summed E-state index contributed by atoms with van der Waals surface area (Å²) in [5.74, 6) is -0.610. The van der Waals surface area contributed by atoms with Gasteiger partial charge in [-0.25, -0.2) is 4.39 Å². The molecule has 2 aliphatic carbocycles. The average Bonchev–Trinajstić information content (AvgIpc) is 3.49. The van der Waals surface area contributed by atoms with Gasteiger partial charge in [0.05, 0.1) is 24.7 Å². The molecule has 6 nitrogen and oxygen atoms in total. The van der Waals surface area contributed by atoms with Crippen molar-refractivity contribution in [2.75, 3.05) is 6.61 Å². The summed E-state index contributed by atoms with van der Waals surface area (Å²) >= 11 is 10.0. The van der Waals surface area contributed by atoms with Crippen LogP contribution in [0.2, 0.25) is 5.02 Å². The summed E-state index contributed by atoms with van der Waals surface area (Å²) in [6.07, 6.45) is 6.36. The van der Waals surface area contributed by atoms with E-state index in [2.05, 4.69) is 21.0 Å². The number of allylic oxidation sites excluding steroid dienone is 2. The number of fused-ring (bicyclic) bond motifs is 5. The maximum atomic E-state index is 13.5. The first kappa shape index (κ1) is 23.1. The zero-order valence-electron chi connectivity index (χ0n) is 18.2. The molecule has 0 N–H and O–H groups in total. The zero-order valence-corrected chi connectivity index (χ0v) is 20.6. The number of rotatable bonds is 7. The molecular weight excluding hydrogens is 527 g/mol. The first-order chi connectivity index (χ1) is 16.4. The average molecular weight is 548 g/mol. The molecule has 4 atom stereocenters. The molecule has 2 aromatic rings. The van der Waals surface area contributed by atoms with E-state index in [1.807, 2.05) is 19.1 Å². The summed E-state index contributed by atoms with van der Waals surface area (Å²) in [4.78, 5) is 25.8. The minimum Gasteiger partial charge on any atom is -0.490 e. The Morgan fingerprint density at radius 1 is 1.18 bits per heavy atom. The van der Waals surface area contributed by atoms with Gasteiger partial charge in [0.25, 0.3) is 11.8 Å². The lowest BCUT2D eigenvalue weighted by Gasteiger charge is -2.16. The Kier molecular flexibility index (Phi) is 6.20. The van der Waals surface area contributed by atoms with E-state index in [9.17, 15) is 14.0 Å². The molecule has 176 valence electrons. The minimum atomic E-state index is -0.357. The van der Waals surface area contributed by atoms with E-state index in [0.29, 0.717) is 33.7 Å². The van der Waals surface area contributed by atoms with Crippen molar-refractivity contribution < 1.29 is 23.5 Å². The van der Waals surface area contributed by atoms with Crippen LogP contribution in [-0.2, 0) is 16.2 Å². The molecule has 1 saturated carbocycles. The molecule has 2 amide bonds. The largest absolute Gasteiger partial charge is 0.490 e. The predicted octanol–water partition coefficient (Wildman–Crippen LogP) is 5.36. The van der Waals surface area contributed by atoms with Gasteiger partial charge in [0, 0.05) is 10.0 Å². The van der Waals surface area contributed by atoms with Gasteiger partial charge in [0.2, 0.25) is 0 Å². The number of nitrogens with zero attached hydrogens (tertiary/aromatic N) is 2. The molecule has 5 rings (SSSR count). The second-order valence-corrected chi connectivity index (χ2v) is 9.68. The quantitative estimate of drug-likeness (QED) is 0.266. The molecule has 0 spiro atoms. The molecule has 3 aliphatic rings. The molecule has 2 bridgehead atoms. The third-order valence-electron chi connectivity index (χ3n) is 6.49. The van der Waals surface area contributed by atoms with Gasteiger partial charge in [0.1, 0.15) is 17.4 Å². The maximum absolute atomic E-state index is 13.5. The Labute approximate surface area is 209 Å². The number of ether oxygens (including phenoxy) is 2. The van der Waals surface area contributed by atoms with Crippen molar-refractivity contribution in [3.8, 4) is 11.5 Å². The van der Waals surface area contributed by atoms with Gasteiger partial charge < -0.3 is 9.47 Å². The van der Waals surface area contributed by atoms with E-state index < -0.39 is 0 Å². The lowest BCUT2D eigenvalue weighted by atomic mass is 9.85. The normalized spacial score (nSPS) is 25.0. The predicted molar refractivity (Wildman–Crippen MR) is 128 cm³/mol. The van der Waals surface area contributed by atoms with Crippen LogP contribution in [0.15, 0.2) is 52.1 Å². The Morgan fingerprint density at radius 2 is 1.88 bits per heavy atom. The van der Waals surface area contributed by atoms with Crippen molar-refractivity contribution in [2.24, 2.45) is 28.8 Å². The van der Waals surface area contributed by atoms with E-state index in [1.165, 1.54) is 18.3 Å². The van der Waals surface area contributed by atoms with Gasteiger partial charge in [-0.2, -0.15) is 10.1 Å². The molecular formula is C25H21BrClFN2O4. The Hall–Kier alpha value is -2.71. The summed E-state index contributed by atoms with van der Waals surface area (Å²) in [7, 11) is 0. The number of hydrazone groups is 1. The Balaban J connectivity index is 1.39. The summed E-state index contributed by atoms with van der Waals surface area (Å²) < 4.78 is 25.5. The maximum Gasteiger partial charge on any atom is 0.254 e. The van der Waals surface area contributed by atoms with Gasteiger partial charge in [-0.3, -0.25) is 9.59 Å². The highest BCUT2D eigenvalue weighted by molar-refractivity contribution is 9.10. The van der Waals surface area contributed by atoms with Crippen molar-refractivity contribution in [3.05, 3.63) is 68.9 Å². The number of benzene rings is 2. The van der Waals surface area contributed by atoms with E-state index in [4.69, 9.17) is 21.1 Å². The number of halogens is 3. The van der Waals surface area contributed by atoms with E-state index in [-0.39, 0.29) is 52.9 Å². The van der Waals surface area contributed by atoms with Crippen LogP contribution in [0.25, 0.3) is 0 Å². The number of carbonyl (C=O) groups is 2. The van der Waals surface area contributed by atoms with Crippen LogP contribution in [0.5, 0.6) is 11.5 Å². The van der Waals surface area contributed by atoms with Crippen molar-refractivity contribution in [3.63, 3.8) is 0 Å². The number of imide groups is 1. The summed E-state index contributed by atoms with van der Waals surface area (Å²) in [6, 6.07) is 7.75. The number of hydrogen-bond donors (Lipinski definition) is 0. The minimum absolute atomic E-state index is 0.0906. The first-order valence-corrected chi connectivity index (χ1v) is 12.2. The molecule has 0 unspecified atom stereocenters. The molecule has 1 heterocycles. The van der Waals surface area contributed by atoms with Crippen LogP contribution in [0, 0.1) is 29.5 Å². The van der Waals surface area contributed by atoms with Gasteiger partial charge in [0.15, 0.2) is 11.5 Å². The highest BCUT2D eigenvalue weighted by Gasteiger charge is 2.59. The van der Waals surface area contributed by atoms with E-state index in [1.54, 1.807) is 18.2 Å². The third-order valence-corrected chi connectivity index (χ3v) is 7.93. The number of carbonyl (C=O) groups excluding carboxylic acids is 2. The fourth-order valence-corrected chi connectivity index (χ4v) is 5.65. The molecule has 1 aliphatic heterocycles. The second kappa shape index (κ2) is 9.15. The Morgan fingerprint density at radius 3 is 2.53 bits per heavy atom. The molecule has 0 radical (unpaired) electrons. The highest BCUT2D eigenvalue weighted by atomic mass is 79.9. The molecule has 9 heteroatoms. The van der Waals surface area contributed by atoms with Gasteiger partial charge in [-0.05, 0) is 64.9 Å². The van der Waals surface area contributed by atoms with Crippen LogP contribution in [-0.4, -0.2) is 29.6 Å². The summed E-state index contributed by atoms with van der Waals surface area (Å²) in [5, 5.41) is 5.45. The van der Waals surface area contributed by atoms with Crippen molar-refractivity contribution in [2.45, 2.75) is 20.0 Å². The van der Waals surface area contributed by atoms with Crippen LogP contribution < -0.4 is 9.47 Å². The second-order valence-electron chi connectivity index (χ2n) is 8.51. The fourth-order valence-electron chi connectivity index (χ4n) is 5.00. The fraction of sp³-hybridized carbons (Fsp3) is 0.320. The topological polar surface area (TPSA) is 68.2 Å². The zero-order chi connectivity index (χ0) is 24.0. The molecule has 2 fully saturated rings. The van der Waals surface area contributed by atoms with Crippen molar-refractivity contribution in [1.29, 1.82) is 0 Å². The highest BCUT2D eigenvalue weighted by Crippen LogP contribution is 2.52. The number of hydrogen-bond acceptors (Lipinski definition) is 5. The molecule has 2 aromatic carbocycles. The van der Waals surface area contributed by atoms with Crippen molar-refractivity contribution >= 4 is 45.6 Å². The van der Waals surface area contributed by atoms with Crippen LogP contribution in [0.3, 0.4) is 0 Å². The lowest BCUT2D eigenvalue weighted by Crippen LogP contribution is -2.28. The lowest BCUT2D eigenvalue weighted by molar-refractivity contribution is -0.140. The standard InChI is InChI=1S/C25H21BrClFN2O4/c1-2-33-18-10-16(21(26)22(27)23(18)34-12-13-4-3-5-17(28)8-13)11-29-30-24(31)19-14-6-7-15(9-14)20(19)25(30)32/h3-8,10-11,14-15,19-20H,2,9,12H2,1H3/t14-,15-,19-,20+/m0/s1. The van der Waals surface area contributed by atoms with Crippen LogP contribution >= 0.6 is 27.5 Å². The molecule has 34 heavy (non-hydrogen) atoms. The Bertz CT molecular complexity index is 1200. The SMILES string of the molecule is CCOc1cc(C=NN2C(=O)[C@@H]3[C@H](C2=O)[C@H]2C=C[C@H]3C2)c(Br)c(Cl)c1OCc1cccc(F)c1. The first-order valence-electron chi connectivity index (χ1n) is 11.0. The summed E-state index contributed by atoms with van der Waals surface area (Å²) in [6.45, 7) is 2.27. The molecule has 0 aromatic heterocycles. The van der Waals surface area contributed by atoms with Gasteiger partial charge >= 0.3 is 0 Å². The monoisotopic (exact) mass is 546 g/mol. The smallest absolute Gasteiger partial charge is 0.254 e. The van der Waals surface area contributed by atoms with Crippen molar-refractivity contribution in [1.82, 2.24) is 5.01 Å². The van der Waals surface area contributed by atoms with E-state index in [0.717, 1.165) is 11.4 Å². The van der Waals surface area contributed by atoms with E-state index >= 15 is 0 Å². The van der Waals surface area contributed by atoms with Crippen LogP contribution in [0.4, 0.5) is 4.39 Å². The third kappa shape index (κ3) is 3.92. The van der Waals surface area contributed by atoms with Gasteiger partial charge in [-0.1, -0.05) is 35.9 Å². The molecule has 1 saturated heterocycles. The number of amides is 2. The van der Waals surface area contributed by atoms with Crippen LogP contribution in [0.1, 0.15) is 24.5 Å².